The highest BCUT2D eigenvalue weighted by Crippen LogP contribution is 2.39. The standard InChI is InChI=1S/C24H33N3O3.C24H33N3O2/c1-16-10-12-18(13-11-16)20-19(21(22(28)29-6)30-24(3,4)5)17(2)25-23(26-20)27-14-8-7-9-15-27;1-16-9-11-18(12-10-16)21-20(19(22(28)29)15-24(3,4)5)17(2)25-23(26-21)27-13-7-6-8-14-27/h10-13,21H,7-9,14-15H2,1-6H3;9-12,19H,6-8,13-15H2,1-5H3,(H,28,29). The summed E-state index contributed by atoms with van der Waals surface area (Å²) < 4.78 is 11.3. The van der Waals surface area contributed by atoms with Crippen molar-refractivity contribution < 1.29 is 24.2 Å². The Kier molecular flexibility index (Phi) is 14.9. The average Bonchev–Trinajstić information content (AvgIpc) is 3.19. The lowest BCUT2D eigenvalue weighted by Crippen LogP contribution is -2.33. The van der Waals surface area contributed by atoms with Gasteiger partial charge in [-0.15, -0.1) is 0 Å². The van der Waals surface area contributed by atoms with Crippen LogP contribution in [0.25, 0.3) is 22.5 Å². The van der Waals surface area contributed by atoms with Crippen LogP contribution >= 0.6 is 0 Å². The molecule has 2 atom stereocenters. The van der Waals surface area contributed by atoms with E-state index in [4.69, 9.17) is 29.4 Å². The van der Waals surface area contributed by atoms with Crippen molar-refractivity contribution in [1.82, 2.24) is 19.9 Å². The molecule has 11 nitrogen and oxygen atoms in total. The summed E-state index contributed by atoms with van der Waals surface area (Å²) in [5, 5.41) is 10.1. The number of aryl methyl sites for hydroxylation is 4. The number of carbonyl (C=O) groups excluding carboxylic acids is 1. The highest BCUT2D eigenvalue weighted by atomic mass is 16.6. The number of anilines is 2. The molecule has 0 bridgehead atoms. The van der Waals surface area contributed by atoms with Crippen molar-refractivity contribution in [3.63, 3.8) is 0 Å². The maximum absolute atomic E-state index is 12.8. The Morgan fingerprint density at radius 1 is 0.644 bits per heavy atom. The van der Waals surface area contributed by atoms with Gasteiger partial charge in [0.1, 0.15) is 0 Å². The molecular weight excluding hydrogens is 741 g/mol. The van der Waals surface area contributed by atoms with Crippen LogP contribution in [0.5, 0.6) is 0 Å². The molecule has 0 amide bonds. The Labute approximate surface area is 352 Å². The normalized spacial score (nSPS) is 15.8. The van der Waals surface area contributed by atoms with E-state index in [1.165, 1.54) is 25.5 Å². The Morgan fingerprint density at radius 2 is 1.05 bits per heavy atom. The van der Waals surface area contributed by atoms with Gasteiger partial charge in [-0.05, 0) is 98.8 Å². The van der Waals surface area contributed by atoms with E-state index in [1.54, 1.807) is 0 Å². The van der Waals surface area contributed by atoms with E-state index in [9.17, 15) is 14.7 Å². The van der Waals surface area contributed by atoms with Crippen LogP contribution in [0.3, 0.4) is 0 Å². The minimum atomic E-state index is -0.901. The minimum absolute atomic E-state index is 0.119. The SMILES string of the molecule is COC(=O)C(OC(C)(C)C)c1c(C)nc(N2CCCCC2)nc1-c1ccc(C)cc1.Cc1ccc(-c2nc(N3CCCCC3)nc(C)c2C(CC(C)(C)C)C(=O)O)cc1. The second-order valence-corrected chi connectivity index (χ2v) is 18.4. The molecule has 4 aromatic rings. The highest BCUT2D eigenvalue weighted by Gasteiger charge is 2.35. The number of aromatic nitrogens is 4. The lowest BCUT2D eigenvalue weighted by molar-refractivity contribution is -0.164. The fourth-order valence-corrected chi connectivity index (χ4v) is 7.81. The van der Waals surface area contributed by atoms with Crippen LogP contribution < -0.4 is 9.80 Å². The van der Waals surface area contributed by atoms with Crippen molar-refractivity contribution in [2.45, 2.75) is 132 Å². The number of nitrogens with zero attached hydrogens (tertiary/aromatic N) is 6. The third-order valence-corrected chi connectivity index (χ3v) is 10.8. The van der Waals surface area contributed by atoms with Crippen molar-refractivity contribution in [3.8, 4) is 22.5 Å². The van der Waals surface area contributed by atoms with Gasteiger partial charge in [0, 0.05) is 59.8 Å². The first-order chi connectivity index (χ1) is 27.8. The summed E-state index contributed by atoms with van der Waals surface area (Å²) in [4.78, 5) is 49.0. The van der Waals surface area contributed by atoms with Crippen LogP contribution in [0, 0.1) is 33.1 Å². The van der Waals surface area contributed by atoms with Gasteiger partial charge >= 0.3 is 11.9 Å². The third kappa shape index (κ3) is 12.1. The molecule has 318 valence electrons. The van der Waals surface area contributed by atoms with Gasteiger partial charge in [0.15, 0.2) is 6.10 Å². The number of aliphatic carboxylic acids is 1. The van der Waals surface area contributed by atoms with E-state index >= 15 is 0 Å². The zero-order valence-electron chi connectivity index (χ0n) is 37.3. The number of hydrogen-bond donors (Lipinski definition) is 1. The number of methoxy groups -OCH3 is 1. The number of benzene rings is 2. The van der Waals surface area contributed by atoms with Crippen LogP contribution in [-0.4, -0.2) is 75.9 Å². The summed E-state index contributed by atoms with van der Waals surface area (Å²) in [6.45, 7) is 23.8. The maximum atomic E-state index is 12.8. The van der Waals surface area contributed by atoms with Crippen LogP contribution in [0.4, 0.5) is 11.9 Å². The molecule has 2 aliphatic heterocycles. The number of carbonyl (C=O) groups is 2. The van der Waals surface area contributed by atoms with Crippen molar-refractivity contribution in [2.75, 3.05) is 43.1 Å². The molecule has 2 fully saturated rings. The van der Waals surface area contributed by atoms with E-state index in [1.807, 2.05) is 58.9 Å². The van der Waals surface area contributed by atoms with E-state index in [0.717, 1.165) is 103 Å². The predicted octanol–water partition coefficient (Wildman–Crippen LogP) is 10.1. The molecule has 11 heteroatoms. The van der Waals surface area contributed by atoms with Crippen LogP contribution in [0.2, 0.25) is 0 Å². The summed E-state index contributed by atoms with van der Waals surface area (Å²) in [5.41, 5.74) is 7.97. The first-order valence-corrected chi connectivity index (χ1v) is 21.2. The number of carboxylic acids is 1. The van der Waals surface area contributed by atoms with Crippen molar-refractivity contribution in [3.05, 3.63) is 82.2 Å². The predicted molar refractivity (Wildman–Crippen MR) is 236 cm³/mol. The minimum Gasteiger partial charge on any atom is -0.481 e. The molecule has 2 aromatic carbocycles. The van der Waals surface area contributed by atoms with Crippen molar-refractivity contribution >= 4 is 23.8 Å². The lowest BCUT2D eigenvalue weighted by atomic mass is 9.79. The number of piperidine rings is 2. The largest absolute Gasteiger partial charge is 0.481 e. The summed E-state index contributed by atoms with van der Waals surface area (Å²) >= 11 is 0. The molecule has 1 N–H and O–H groups in total. The third-order valence-electron chi connectivity index (χ3n) is 10.8. The molecule has 2 unspecified atom stereocenters. The maximum Gasteiger partial charge on any atom is 0.339 e. The van der Waals surface area contributed by atoms with E-state index in [2.05, 4.69) is 68.7 Å². The van der Waals surface area contributed by atoms with Crippen molar-refractivity contribution in [2.24, 2.45) is 5.41 Å². The van der Waals surface area contributed by atoms with E-state index in [-0.39, 0.29) is 5.41 Å². The van der Waals surface area contributed by atoms with Gasteiger partial charge in [-0.2, -0.15) is 0 Å². The van der Waals surface area contributed by atoms with Gasteiger partial charge in [0.05, 0.1) is 30.0 Å². The molecule has 6 rings (SSSR count). The van der Waals surface area contributed by atoms with Crippen LogP contribution in [-0.2, 0) is 19.1 Å². The topological polar surface area (TPSA) is 131 Å². The Hall–Kier alpha value is -4.90. The number of esters is 1. The van der Waals surface area contributed by atoms with Gasteiger partial charge < -0.3 is 24.4 Å². The molecule has 2 aliphatic rings. The average molecular weight is 807 g/mol. The van der Waals surface area contributed by atoms with E-state index in [0.29, 0.717) is 17.9 Å². The van der Waals surface area contributed by atoms with Gasteiger partial charge in [0.25, 0.3) is 0 Å². The zero-order chi connectivity index (χ0) is 43.1. The summed E-state index contributed by atoms with van der Waals surface area (Å²) in [6.07, 6.45) is 6.69. The molecule has 4 heterocycles. The van der Waals surface area contributed by atoms with Gasteiger partial charge in [-0.1, -0.05) is 80.4 Å². The summed E-state index contributed by atoms with van der Waals surface area (Å²) in [7, 11) is 1.38. The summed E-state index contributed by atoms with van der Waals surface area (Å²) in [5.74, 6) is -0.463. The first-order valence-electron chi connectivity index (χ1n) is 21.2. The molecule has 2 aromatic heterocycles. The second-order valence-electron chi connectivity index (χ2n) is 18.4. The van der Waals surface area contributed by atoms with Gasteiger partial charge in [0.2, 0.25) is 11.9 Å². The molecule has 0 spiro atoms. The molecule has 2 saturated heterocycles. The van der Waals surface area contributed by atoms with Gasteiger partial charge in [-0.25, -0.2) is 24.7 Å². The monoisotopic (exact) mass is 807 g/mol. The molecule has 59 heavy (non-hydrogen) atoms. The number of rotatable bonds is 10. The van der Waals surface area contributed by atoms with E-state index < -0.39 is 29.6 Å². The molecule has 0 radical (unpaired) electrons. The Bertz CT molecular complexity index is 2040. The number of carboxylic acid groups (broad SMARTS) is 1. The van der Waals surface area contributed by atoms with Crippen LogP contribution in [0.1, 0.15) is 132 Å². The zero-order valence-corrected chi connectivity index (χ0v) is 37.3. The molecule has 0 aliphatic carbocycles. The summed E-state index contributed by atoms with van der Waals surface area (Å²) in [6, 6.07) is 16.3. The Morgan fingerprint density at radius 3 is 1.42 bits per heavy atom. The molecular formula is C48H66N6O5. The second kappa shape index (κ2) is 19.4. The number of ether oxygens (including phenoxy) is 2. The number of hydrogen-bond acceptors (Lipinski definition) is 10. The Balaban J connectivity index is 0.000000224. The fraction of sp³-hybridized carbons (Fsp3) is 0.542. The van der Waals surface area contributed by atoms with Crippen LogP contribution in [0.15, 0.2) is 48.5 Å². The molecule has 0 saturated carbocycles. The lowest BCUT2D eigenvalue weighted by Gasteiger charge is -2.30. The highest BCUT2D eigenvalue weighted by molar-refractivity contribution is 5.82. The van der Waals surface area contributed by atoms with Gasteiger partial charge in [-0.3, -0.25) is 4.79 Å². The van der Waals surface area contributed by atoms with Crippen molar-refractivity contribution in [1.29, 1.82) is 0 Å². The smallest absolute Gasteiger partial charge is 0.339 e. The first kappa shape index (κ1) is 45.2. The quantitative estimate of drug-likeness (QED) is 0.154. The fourth-order valence-electron chi connectivity index (χ4n) is 7.81.